The third kappa shape index (κ3) is 3.21. The maximum atomic E-state index is 12.1. The summed E-state index contributed by atoms with van der Waals surface area (Å²) < 4.78 is 16.2. The molecule has 2 aliphatic rings. The molecule has 2 aliphatic heterocycles. The van der Waals surface area contributed by atoms with Gasteiger partial charge in [-0.2, -0.15) is 0 Å². The molecule has 0 amide bonds. The lowest BCUT2D eigenvalue weighted by Crippen LogP contribution is -2.15. The van der Waals surface area contributed by atoms with Crippen LogP contribution in [0.4, 0.5) is 0 Å². The molecule has 0 saturated carbocycles. The number of fused-ring (bicyclic) bond motifs is 1. The van der Waals surface area contributed by atoms with E-state index in [0.29, 0.717) is 45.9 Å². The van der Waals surface area contributed by atoms with E-state index in [1.165, 1.54) is 0 Å². The van der Waals surface area contributed by atoms with Crippen molar-refractivity contribution in [3.8, 4) is 11.5 Å². The van der Waals surface area contributed by atoms with Gasteiger partial charge in [-0.15, -0.1) is 0 Å². The molecule has 2 aromatic rings. The molecular weight excluding hydrogens is 365 g/mol. The summed E-state index contributed by atoms with van der Waals surface area (Å²) in [6.45, 7) is 0.901. The maximum absolute atomic E-state index is 12.1. The molecule has 0 fully saturated rings. The molecule has 25 heavy (non-hydrogen) atoms. The number of aliphatic imine (C=N–C) groups is 1. The fraction of sp³-hybridized carbons (Fsp3) is 0.111. The summed E-state index contributed by atoms with van der Waals surface area (Å²) in [6, 6.07) is 10.3. The Morgan fingerprint density at radius 3 is 2.60 bits per heavy atom. The molecule has 0 bridgehead atoms. The SMILES string of the molecule is O=C1OC(c2ccc(Cl)cc2)=N/C1=C\c1cc(Cl)c2c(c1)OCCO2. The average Bonchev–Trinajstić information content (AvgIpc) is 2.96. The minimum absolute atomic E-state index is 0.178. The normalized spacial score (nSPS) is 17.4. The molecule has 4 rings (SSSR count). The first-order chi connectivity index (χ1) is 12.1. The molecule has 0 saturated heterocycles. The van der Waals surface area contributed by atoms with Crippen LogP contribution in [0.15, 0.2) is 47.1 Å². The van der Waals surface area contributed by atoms with Crippen LogP contribution < -0.4 is 9.47 Å². The lowest BCUT2D eigenvalue weighted by Gasteiger charge is -2.19. The van der Waals surface area contributed by atoms with Crippen LogP contribution >= 0.6 is 23.2 Å². The van der Waals surface area contributed by atoms with E-state index in [1.807, 2.05) is 0 Å². The number of ether oxygens (including phenoxy) is 3. The molecule has 0 radical (unpaired) electrons. The van der Waals surface area contributed by atoms with Crippen LogP contribution in [-0.4, -0.2) is 25.1 Å². The highest BCUT2D eigenvalue weighted by atomic mass is 35.5. The van der Waals surface area contributed by atoms with Gasteiger partial charge in [-0.25, -0.2) is 9.79 Å². The van der Waals surface area contributed by atoms with Gasteiger partial charge in [-0.05, 0) is 48.0 Å². The molecule has 0 atom stereocenters. The number of carbonyl (C=O) groups is 1. The van der Waals surface area contributed by atoms with E-state index in [9.17, 15) is 4.79 Å². The van der Waals surface area contributed by atoms with Gasteiger partial charge in [0.25, 0.3) is 0 Å². The number of nitrogens with zero attached hydrogens (tertiary/aromatic N) is 1. The van der Waals surface area contributed by atoms with Gasteiger partial charge >= 0.3 is 5.97 Å². The topological polar surface area (TPSA) is 57.1 Å². The van der Waals surface area contributed by atoms with Crippen molar-refractivity contribution < 1.29 is 19.0 Å². The maximum Gasteiger partial charge on any atom is 0.363 e. The Bertz CT molecular complexity index is 919. The Morgan fingerprint density at radius 1 is 1.04 bits per heavy atom. The number of esters is 1. The Morgan fingerprint density at radius 2 is 1.80 bits per heavy atom. The van der Waals surface area contributed by atoms with E-state index in [-0.39, 0.29) is 11.6 Å². The third-order valence-corrected chi connectivity index (χ3v) is 4.17. The third-order valence-electron chi connectivity index (χ3n) is 3.63. The van der Waals surface area contributed by atoms with Gasteiger partial charge < -0.3 is 14.2 Å². The first-order valence-corrected chi connectivity index (χ1v) is 8.23. The van der Waals surface area contributed by atoms with Crippen LogP contribution in [-0.2, 0) is 9.53 Å². The molecule has 0 aliphatic carbocycles. The number of hydrogen-bond donors (Lipinski definition) is 0. The Labute approximate surface area is 153 Å². The molecule has 2 heterocycles. The molecule has 126 valence electrons. The summed E-state index contributed by atoms with van der Waals surface area (Å²) in [5.74, 6) is 0.751. The molecular formula is C18H11Cl2NO4. The summed E-state index contributed by atoms with van der Waals surface area (Å²) in [5, 5.41) is 1.01. The van der Waals surface area contributed by atoms with Gasteiger partial charge in [-0.3, -0.25) is 0 Å². The predicted octanol–water partition coefficient (Wildman–Crippen LogP) is 4.11. The van der Waals surface area contributed by atoms with Crippen molar-refractivity contribution in [1.29, 1.82) is 0 Å². The molecule has 0 unspecified atom stereocenters. The lowest BCUT2D eigenvalue weighted by atomic mass is 10.1. The van der Waals surface area contributed by atoms with Gasteiger partial charge in [-0.1, -0.05) is 23.2 Å². The van der Waals surface area contributed by atoms with Gasteiger partial charge in [0.1, 0.15) is 13.2 Å². The van der Waals surface area contributed by atoms with Crippen LogP contribution in [0.25, 0.3) is 6.08 Å². The summed E-state index contributed by atoms with van der Waals surface area (Å²) in [5.41, 5.74) is 1.52. The van der Waals surface area contributed by atoms with Gasteiger partial charge in [0.05, 0.1) is 5.02 Å². The van der Waals surface area contributed by atoms with Crippen molar-refractivity contribution in [1.82, 2.24) is 0 Å². The number of halogens is 2. The van der Waals surface area contributed by atoms with Crippen molar-refractivity contribution in [2.75, 3.05) is 13.2 Å². The molecule has 7 heteroatoms. The van der Waals surface area contributed by atoms with Gasteiger partial charge in [0.2, 0.25) is 5.90 Å². The first-order valence-electron chi connectivity index (χ1n) is 7.48. The zero-order chi connectivity index (χ0) is 17.4. The van der Waals surface area contributed by atoms with Crippen molar-refractivity contribution in [2.24, 2.45) is 4.99 Å². The van der Waals surface area contributed by atoms with Gasteiger partial charge in [0, 0.05) is 10.6 Å². The van der Waals surface area contributed by atoms with Crippen molar-refractivity contribution in [3.63, 3.8) is 0 Å². The van der Waals surface area contributed by atoms with Crippen LogP contribution in [0.2, 0.25) is 10.0 Å². The molecule has 0 N–H and O–H groups in total. The molecule has 2 aromatic carbocycles. The highest BCUT2D eigenvalue weighted by Gasteiger charge is 2.25. The van der Waals surface area contributed by atoms with E-state index in [2.05, 4.69) is 4.99 Å². The molecule has 0 spiro atoms. The highest BCUT2D eigenvalue weighted by Crippen LogP contribution is 2.39. The summed E-state index contributed by atoms with van der Waals surface area (Å²) in [6.07, 6.45) is 1.59. The minimum atomic E-state index is -0.532. The van der Waals surface area contributed by atoms with E-state index >= 15 is 0 Å². The largest absolute Gasteiger partial charge is 0.486 e. The van der Waals surface area contributed by atoms with Crippen molar-refractivity contribution in [2.45, 2.75) is 0 Å². The van der Waals surface area contributed by atoms with Crippen molar-refractivity contribution >= 4 is 41.1 Å². The fourth-order valence-electron chi connectivity index (χ4n) is 2.50. The number of carbonyl (C=O) groups excluding carboxylic acids is 1. The smallest absolute Gasteiger partial charge is 0.363 e. The number of cyclic esters (lactones) is 1. The molecule has 0 aromatic heterocycles. The van der Waals surface area contributed by atoms with Crippen molar-refractivity contribution in [3.05, 3.63) is 63.3 Å². The monoisotopic (exact) mass is 375 g/mol. The predicted molar refractivity (Wildman–Crippen MR) is 94.5 cm³/mol. The zero-order valence-corrected chi connectivity index (χ0v) is 14.3. The second-order valence-corrected chi connectivity index (χ2v) is 6.21. The Kier molecular flexibility index (Phi) is 4.11. The quantitative estimate of drug-likeness (QED) is 0.585. The van der Waals surface area contributed by atoms with E-state index in [0.717, 1.165) is 0 Å². The van der Waals surface area contributed by atoms with Crippen LogP contribution in [0, 0.1) is 0 Å². The van der Waals surface area contributed by atoms with Gasteiger partial charge in [0.15, 0.2) is 17.2 Å². The van der Waals surface area contributed by atoms with Crippen LogP contribution in [0.1, 0.15) is 11.1 Å². The standard InChI is InChI=1S/C18H11Cl2NO4/c19-12-3-1-11(2-4-12)17-21-14(18(22)25-17)8-10-7-13(20)16-15(9-10)23-5-6-24-16/h1-4,7-9H,5-6H2/b14-8-. The van der Waals surface area contributed by atoms with E-state index < -0.39 is 5.97 Å². The van der Waals surface area contributed by atoms with Crippen LogP contribution in [0.5, 0.6) is 11.5 Å². The fourth-order valence-corrected chi connectivity index (χ4v) is 2.90. The summed E-state index contributed by atoms with van der Waals surface area (Å²) in [4.78, 5) is 16.3. The van der Waals surface area contributed by atoms with E-state index in [4.69, 9.17) is 37.4 Å². The second kappa shape index (κ2) is 6.43. The van der Waals surface area contributed by atoms with E-state index in [1.54, 1.807) is 42.5 Å². The minimum Gasteiger partial charge on any atom is -0.486 e. The first kappa shape index (κ1) is 16.0. The zero-order valence-electron chi connectivity index (χ0n) is 12.8. The number of benzene rings is 2. The average molecular weight is 376 g/mol. The Balaban J connectivity index is 1.68. The lowest BCUT2D eigenvalue weighted by molar-refractivity contribution is -0.129. The Hall–Kier alpha value is -2.50. The molecule has 5 nitrogen and oxygen atoms in total. The van der Waals surface area contributed by atoms with Crippen LogP contribution in [0.3, 0.4) is 0 Å². The summed E-state index contributed by atoms with van der Waals surface area (Å²) >= 11 is 12.1. The second-order valence-electron chi connectivity index (χ2n) is 5.37. The number of hydrogen-bond acceptors (Lipinski definition) is 5. The summed E-state index contributed by atoms with van der Waals surface area (Å²) in [7, 11) is 0. The highest BCUT2D eigenvalue weighted by molar-refractivity contribution is 6.32. The number of rotatable bonds is 2.